The van der Waals surface area contributed by atoms with Gasteiger partial charge in [0.05, 0.1) is 20.2 Å². The second-order valence-corrected chi connectivity index (χ2v) is 5.71. The van der Waals surface area contributed by atoms with Crippen LogP contribution in [0.2, 0.25) is 0 Å². The number of nitrogens with one attached hydrogen (secondary N) is 2. The molecule has 21 heavy (non-hydrogen) atoms. The first-order chi connectivity index (χ1) is 10.3. The van der Waals surface area contributed by atoms with E-state index in [1.165, 1.54) is 32.7 Å². The van der Waals surface area contributed by atoms with E-state index in [0.29, 0.717) is 6.61 Å². The molecule has 0 atom stereocenters. The van der Waals surface area contributed by atoms with E-state index in [-0.39, 0.29) is 0 Å². The Balaban J connectivity index is 1.69. The summed E-state index contributed by atoms with van der Waals surface area (Å²) < 4.78 is 11.5. The van der Waals surface area contributed by atoms with Crippen LogP contribution in [0.5, 0.6) is 11.5 Å². The van der Waals surface area contributed by atoms with Crippen LogP contribution in [0.3, 0.4) is 0 Å². The molecule has 0 amide bonds. The van der Waals surface area contributed by atoms with Crippen LogP contribution in [-0.4, -0.2) is 53.0 Å². The molecule has 1 heterocycles. The molecule has 2 N–H and O–H groups in total. The monoisotopic (exact) mass is 292 g/mol. The van der Waals surface area contributed by atoms with Crippen LogP contribution in [0.15, 0.2) is 36.9 Å². The molecule has 1 fully saturated rings. The van der Waals surface area contributed by atoms with Crippen LogP contribution in [-0.2, 0) is 0 Å². The molecular weight excluding hydrogens is 264 g/mol. The SMILES string of the molecule is C=CCOc1ccccc1OCCC[NH+]1CC[NH+](C)CC1. The highest BCUT2D eigenvalue weighted by atomic mass is 16.5. The Morgan fingerprint density at radius 3 is 2.43 bits per heavy atom. The van der Waals surface area contributed by atoms with Crippen LogP contribution in [0.4, 0.5) is 0 Å². The van der Waals surface area contributed by atoms with E-state index < -0.39 is 0 Å². The maximum atomic E-state index is 5.87. The maximum Gasteiger partial charge on any atom is 0.161 e. The quantitative estimate of drug-likeness (QED) is 0.496. The van der Waals surface area contributed by atoms with Gasteiger partial charge in [-0.15, -0.1) is 0 Å². The molecule has 0 spiro atoms. The smallest absolute Gasteiger partial charge is 0.161 e. The number of hydrogen-bond donors (Lipinski definition) is 2. The van der Waals surface area contributed by atoms with Crippen molar-refractivity contribution in [2.75, 3.05) is 53.0 Å². The number of rotatable bonds is 8. The molecule has 0 saturated carbocycles. The highest BCUT2D eigenvalue weighted by Crippen LogP contribution is 2.26. The third-order valence-corrected chi connectivity index (χ3v) is 3.95. The minimum Gasteiger partial charge on any atom is -0.489 e. The van der Waals surface area contributed by atoms with Crippen molar-refractivity contribution in [1.82, 2.24) is 0 Å². The molecule has 1 aliphatic heterocycles. The van der Waals surface area contributed by atoms with Gasteiger partial charge in [-0.3, -0.25) is 0 Å². The molecule has 4 nitrogen and oxygen atoms in total. The van der Waals surface area contributed by atoms with E-state index in [2.05, 4.69) is 13.6 Å². The summed E-state index contributed by atoms with van der Waals surface area (Å²) in [6.45, 7) is 11.3. The number of benzene rings is 1. The lowest BCUT2D eigenvalue weighted by Gasteiger charge is -2.27. The maximum absolute atomic E-state index is 5.87. The number of likely N-dealkylation sites (N-methyl/N-ethyl adjacent to an activating group) is 1. The van der Waals surface area contributed by atoms with Gasteiger partial charge < -0.3 is 19.3 Å². The largest absolute Gasteiger partial charge is 0.489 e. The number of para-hydroxylation sites is 2. The summed E-state index contributed by atoms with van der Waals surface area (Å²) in [4.78, 5) is 3.36. The predicted molar refractivity (Wildman–Crippen MR) is 84.4 cm³/mol. The average molecular weight is 292 g/mol. The fraction of sp³-hybridized carbons (Fsp3) is 0.529. The van der Waals surface area contributed by atoms with E-state index in [1.807, 2.05) is 24.3 Å². The Morgan fingerprint density at radius 1 is 1.10 bits per heavy atom. The number of ether oxygens (including phenoxy) is 2. The van der Waals surface area contributed by atoms with Crippen LogP contribution in [0.1, 0.15) is 6.42 Å². The highest BCUT2D eigenvalue weighted by molar-refractivity contribution is 5.39. The fourth-order valence-corrected chi connectivity index (χ4v) is 2.62. The molecule has 1 aliphatic rings. The molecular formula is C17H28N2O2+2. The summed E-state index contributed by atoms with van der Waals surface area (Å²) >= 11 is 0. The first-order valence-electron chi connectivity index (χ1n) is 7.90. The van der Waals surface area contributed by atoms with E-state index in [9.17, 15) is 0 Å². The molecule has 2 rings (SSSR count). The van der Waals surface area contributed by atoms with Crippen molar-refractivity contribution in [3.63, 3.8) is 0 Å². The zero-order chi connectivity index (χ0) is 14.9. The second kappa shape index (κ2) is 8.70. The van der Waals surface area contributed by atoms with Crippen LogP contribution in [0, 0.1) is 0 Å². The third kappa shape index (κ3) is 5.40. The summed E-state index contributed by atoms with van der Waals surface area (Å²) in [6, 6.07) is 7.84. The summed E-state index contributed by atoms with van der Waals surface area (Å²) in [5.41, 5.74) is 0. The second-order valence-electron chi connectivity index (χ2n) is 5.71. The Kier molecular flexibility index (Phi) is 6.57. The van der Waals surface area contributed by atoms with Crippen LogP contribution in [0.25, 0.3) is 0 Å². The predicted octanol–water partition coefficient (Wildman–Crippen LogP) is -0.566. The first kappa shape index (κ1) is 15.9. The lowest BCUT2D eigenvalue weighted by Crippen LogP contribution is -3.27. The van der Waals surface area contributed by atoms with E-state index >= 15 is 0 Å². The summed E-state index contributed by atoms with van der Waals surface area (Å²) in [5.74, 6) is 1.63. The van der Waals surface area contributed by atoms with Gasteiger partial charge >= 0.3 is 0 Å². The van der Waals surface area contributed by atoms with E-state index in [4.69, 9.17) is 9.47 Å². The van der Waals surface area contributed by atoms with E-state index in [1.54, 1.807) is 15.9 Å². The van der Waals surface area contributed by atoms with Crippen molar-refractivity contribution in [1.29, 1.82) is 0 Å². The lowest BCUT2D eigenvalue weighted by atomic mass is 10.3. The lowest BCUT2D eigenvalue weighted by molar-refractivity contribution is -1.00. The number of hydrogen-bond acceptors (Lipinski definition) is 2. The van der Waals surface area contributed by atoms with Gasteiger partial charge in [0.25, 0.3) is 0 Å². The Hall–Kier alpha value is -1.52. The zero-order valence-corrected chi connectivity index (χ0v) is 13.1. The molecule has 0 radical (unpaired) electrons. The van der Waals surface area contributed by atoms with Gasteiger partial charge in [0.2, 0.25) is 0 Å². The molecule has 0 unspecified atom stereocenters. The number of quaternary nitrogens is 2. The summed E-state index contributed by atoms with van der Waals surface area (Å²) in [6.07, 6.45) is 2.83. The molecule has 0 aliphatic carbocycles. The fourth-order valence-electron chi connectivity index (χ4n) is 2.62. The van der Waals surface area contributed by atoms with Crippen LogP contribution < -0.4 is 19.3 Å². The molecule has 0 bridgehead atoms. The Bertz CT molecular complexity index is 429. The van der Waals surface area contributed by atoms with Crippen molar-refractivity contribution >= 4 is 0 Å². The number of piperazine rings is 1. The normalized spacial score (nSPS) is 21.8. The zero-order valence-electron chi connectivity index (χ0n) is 13.1. The summed E-state index contributed by atoms with van der Waals surface area (Å²) in [5, 5.41) is 0. The minimum absolute atomic E-state index is 0.508. The van der Waals surface area contributed by atoms with Gasteiger partial charge in [-0.1, -0.05) is 24.8 Å². The van der Waals surface area contributed by atoms with Gasteiger partial charge in [-0.25, -0.2) is 0 Å². The molecule has 1 saturated heterocycles. The molecule has 0 aromatic heterocycles. The molecule has 4 heteroatoms. The Morgan fingerprint density at radius 2 is 1.76 bits per heavy atom. The standard InChI is InChI=1S/C17H26N2O2/c1-3-14-20-16-7-4-5-8-17(16)21-15-6-9-19-12-10-18(2)11-13-19/h3-5,7-8H,1,6,9-15H2,2H3/p+2. The summed E-state index contributed by atoms with van der Waals surface area (Å²) in [7, 11) is 2.28. The van der Waals surface area contributed by atoms with Crippen molar-refractivity contribution in [2.45, 2.75) is 6.42 Å². The van der Waals surface area contributed by atoms with Gasteiger partial charge in [0.15, 0.2) is 11.5 Å². The van der Waals surface area contributed by atoms with Crippen LogP contribution >= 0.6 is 0 Å². The van der Waals surface area contributed by atoms with Gasteiger partial charge in [-0.2, -0.15) is 0 Å². The van der Waals surface area contributed by atoms with Gasteiger partial charge in [0, 0.05) is 6.42 Å². The third-order valence-electron chi connectivity index (χ3n) is 3.95. The van der Waals surface area contributed by atoms with Crippen molar-refractivity contribution in [3.8, 4) is 11.5 Å². The van der Waals surface area contributed by atoms with Gasteiger partial charge in [-0.05, 0) is 12.1 Å². The highest BCUT2D eigenvalue weighted by Gasteiger charge is 2.19. The van der Waals surface area contributed by atoms with Crippen molar-refractivity contribution in [3.05, 3.63) is 36.9 Å². The van der Waals surface area contributed by atoms with Crippen molar-refractivity contribution in [2.24, 2.45) is 0 Å². The topological polar surface area (TPSA) is 27.3 Å². The molecule has 1 aromatic rings. The minimum atomic E-state index is 0.508. The molecule has 1 aromatic carbocycles. The average Bonchev–Trinajstić information content (AvgIpc) is 2.52. The van der Waals surface area contributed by atoms with Gasteiger partial charge in [0.1, 0.15) is 32.8 Å². The van der Waals surface area contributed by atoms with Crippen molar-refractivity contribution < 1.29 is 19.3 Å². The Labute approximate surface area is 127 Å². The first-order valence-corrected chi connectivity index (χ1v) is 7.90. The molecule has 116 valence electrons. The van der Waals surface area contributed by atoms with E-state index in [0.717, 1.165) is 24.5 Å².